The predicted octanol–water partition coefficient (Wildman–Crippen LogP) is 1.65. The van der Waals surface area contributed by atoms with Crippen molar-refractivity contribution >= 4 is 23.4 Å². The van der Waals surface area contributed by atoms with E-state index in [0.29, 0.717) is 5.69 Å². The van der Waals surface area contributed by atoms with Crippen molar-refractivity contribution in [3.63, 3.8) is 0 Å². The van der Waals surface area contributed by atoms with Crippen LogP contribution in [0.25, 0.3) is 0 Å². The van der Waals surface area contributed by atoms with Crippen LogP contribution in [0.5, 0.6) is 0 Å². The van der Waals surface area contributed by atoms with E-state index < -0.39 is 0 Å². The predicted molar refractivity (Wildman–Crippen MR) is 79.0 cm³/mol. The van der Waals surface area contributed by atoms with E-state index in [1.54, 1.807) is 17.1 Å². The second-order valence-electron chi connectivity index (χ2n) is 5.20. The van der Waals surface area contributed by atoms with Crippen LogP contribution in [0.1, 0.15) is 32.1 Å². The summed E-state index contributed by atoms with van der Waals surface area (Å²) in [5.41, 5.74) is 6.15. The molecule has 0 saturated heterocycles. The van der Waals surface area contributed by atoms with E-state index in [1.165, 1.54) is 32.1 Å². The number of hydrogen-bond donors (Lipinski definition) is 2. The molecule has 0 unspecified atom stereocenters. The summed E-state index contributed by atoms with van der Waals surface area (Å²) in [7, 11) is 0. The number of anilines is 1. The summed E-state index contributed by atoms with van der Waals surface area (Å²) >= 11 is 1.89. The lowest BCUT2D eigenvalue weighted by atomic mass is 9.88. The highest BCUT2D eigenvalue weighted by Gasteiger charge is 2.31. The zero-order chi connectivity index (χ0) is 13.7. The Kier molecular flexibility index (Phi) is 4.74. The van der Waals surface area contributed by atoms with Crippen molar-refractivity contribution in [1.29, 1.82) is 0 Å². The smallest absolute Gasteiger partial charge is 0.241 e. The van der Waals surface area contributed by atoms with Crippen molar-refractivity contribution in [3.8, 4) is 0 Å². The number of rotatable bonds is 5. The lowest BCUT2D eigenvalue weighted by Gasteiger charge is -2.35. The summed E-state index contributed by atoms with van der Waals surface area (Å²) in [6.07, 6.45) is 11.6. The van der Waals surface area contributed by atoms with E-state index in [9.17, 15) is 4.79 Å². The second-order valence-corrected chi connectivity index (χ2v) is 6.47. The van der Waals surface area contributed by atoms with Crippen LogP contribution >= 0.6 is 11.8 Å². The van der Waals surface area contributed by atoms with Crippen LogP contribution in [-0.4, -0.2) is 33.2 Å². The van der Waals surface area contributed by atoms with Crippen molar-refractivity contribution in [2.75, 3.05) is 18.5 Å². The minimum Gasteiger partial charge on any atom is -0.396 e. The number of nitrogen functional groups attached to an aromatic ring is 1. The van der Waals surface area contributed by atoms with Crippen molar-refractivity contribution in [3.05, 3.63) is 12.4 Å². The number of carbonyl (C=O) groups is 1. The molecule has 1 aromatic rings. The molecule has 0 spiro atoms. The molecule has 0 atom stereocenters. The molecule has 1 aliphatic carbocycles. The average molecular weight is 282 g/mol. The monoisotopic (exact) mass is 282 g/mol. The highest BCUT2D eigenvalue weighted by atomic mass is 32.2. The van der Waals surface area contributed by atoms with Crippen LogP contribution in [0.2, 0.25) is 0 Å². The second kappa shape index (κ2) is 6.32. The van der Waals surface area contributed by atoms with Gasteiger partial charge in [0.1, 0.15) is 6.54 Å². The highest BCUT2D eigenvalue weighted by molar-refractivity contribution is 8.00. The molecule has 1 amide bonds. The maximum absolute atomic E-state index is 11.9. The number of nitrogens with zero attached hydrogens (tertiary/aromatic N) is 2. The Labute approximate surface area is 118 Å². The van der Waals surface area contributed by atoms with Crippen LogP contribution in [0.4, 0.5) is 5.69 Å². The third-order valence-electron chi connectivity index (χ3n) is 3.76. The van der Waals surface area contributed by atoms with Crippen LogP contribution in [-0.2, 0) is 11.3 Å². The molecule has 1 fully saturated rings. The molecule has 2 rings (SSSR count). The van der Waals surface area contributed by atoms with E-state index in [1.807, 2.05) is 11.8 Å². The summed E-state index contributed by atoms with van der Waals surface area (Å²) in [6, 6.07) is 0. The molecule has 19 heavy (non-hydrogen) atoms. The van der Waals surface area contributed by atoms with Gasteiger partial charge in [-0.2, -0.15) is 16.9 Å². The van der Waals surface area contributed by atoms with Crippen molar-refractivity contribution in [2.24, 2.45) is 0 Å². The number of hydrogen-bond acceptors (Lipinski definition) is 4. The van der Waals surface area contributed by atoms with Gasteiger partial charge >= 0.3 is 0 Å². The lowest BCUT2D eigenvalue weighted by Crippen LogP contribution is -2.42. The third kappa shape index (κ3) is 3.89. The van der Waals surface area contributed by atoms with Gasteiger partial charge in [-0.05, 0) is 19.1 Å². The van der Waals surface area contributed by atoms with Gasteiger partial charge in [-0.3, -0.25) is 9.48 Å². The average Bonchev–Trinajstić information content (AvgIpc) is 2.83. The number of thioether (sulfide) groups is 1. The number of amides is 1. The molecule has 3 N–H and O–H groups in total. The molecule has 0 aliphatic heterocycles. The first-order chi connectivity index (χ1) is 9.13. The molecule has 0 bridgehead atoms. The minimum absolute atomic E-state index is 0.00194. The van der Waals surface area contributed by atoms with Gasteiger partial charge in [-0.15, -0.1) is 0 Å². The molecule has 1 saturated carbocycles. The Bertz CT molecular complexity index is 426. The highest BCUT2D eigenvalue weighted by Crippen LogP contribution is 2.37. The summed E-state index contributed by atoms with van der Waals surface area (Å²) in [5, 5.41) is 7.05. The first-order valence-electron chi connectivity index (χ1n) is 6.73. The van der Waals surface area contributed by atoms with E-state index in [0.717, 1.165) is 6.54 Å². The van der Waals surface area contributed by atoms with Gasteiger partial charge in [0.05, 0.1) is 11.9 Å². The van der Waals surface area contributed by atoms with Gasteiger partial charge in [0, 0.05) is 17.5 Å². The summed E-state index contributed by atoms with van der Waals surface area (Å²) in [4.78, 5) is 11.9. The van der Waals surface area contributed by atoms with E-state index in [4.69, 9.17) is 5.73 Å². The Morgan fingerprint density at radius 3 is 2.84 bits per heavy atom. The Morgan fingerprint density at radius 2 is 2.26 bits per heavy atom. The van der Waals surface area contributed by atoms with Gasteiger partial charge < -0.3 is 11.1 Å². The Balaban J connectivity index is 1.82. The van der Waals surface area contributed by atoms with Crippen LogP contribution < -0.4 is 11.1 Å². The zero-order valence-corrected chi connectivity index (χ0v) is 12.2. The minimum atomic E-state index is 0.00194. The maximum Gasteiger partial charge on any atom is 0.241 e. The van der Waals surface area contributed by atoms with E-state index >= 15 is 0 Å². The first-order valence-corrected chi connectivity index (χ1v) is 7.96. The standard InChI is InChI=1S/C13H22N4OS/c1-19-13(5-3-2-4-6-13)10-15-12(18)9-17-8-11(14)7-16-17/h7-8H,2-6,9-10,14H2,1H3,(H,15,18). The fourth-order valence-corrected chi connectivity index (χ4v) is 3.49. The number of nitrogens with two attached hydrogens (primary N) is 1. The van der Waals surface area contributed by atoms with Gasteiger partial charge in [0.2, 0.25) is 5.91 Å². The summed E-state index contributed by atoms with van der Waals surface area (Å²) in [5.74, 6) is 0.00194. The van der Waals surface area contributed by atoms with Crippen LogP contribution in [0, 0.1) is 0 Å². The molecule has 0 radical (unpaired) electrons. The molecule has 0 aromatic carbocycles. The quantitative estimate of drug-likeness (QED) is 0.861. The Hall–Kier alpha value is -1.17. The fourth-order valence-electron chi connectivity index (χ4n) is 2.58. The number of carbonyl (C=O) groups excluding carboxylic acids is 1. The van der Waals surface area contributed by atoms with Crippen molar-refractivity contribution in [2.45, 2.75) is 43.4 Å². The normalized spacial score (nSPS) is 18.2. The molecule has 5 nitrogen and oxygen atoms in total. The van der Waals surface area contributed by atoms with Crippen molar-refractivity contribution < 1.29 is 4.79 Å². The van der Waals surface area contributed by atoms with Gasteiger partial charge in [0.15, 0.2) is 0 Å². The molecule has 1 heterocycles. The van der Waals surface area contributed by atoms with Crippen LogP contribution in [0.3, 0.4) is 0 Å². The van der Waals surface area contributed by atoms with Gasteiger partial charge in [-0.25, -0.2) is 0 Å². The summed E-state index contributed by atoms with van der Waals surface area (Å²) < 4.78 is 1.80. The fraction of sp³-hybridized carbons (Fsp3) is 0.692. The topological polar surface area (TPSA) is 72.9 Å². The summed E-state index contributed by atoms with van der Waals surface area (Å²) in [6.45, 7) is 0.991. The largest absolute Gasteiger partial charge is 0.396 e. The third-order valence-corrected chi connectivity index (χ3v) is 5.18. The molecule has 1 aliphatic rings. The molecule has 6 heteroatoms. The lowest BCUT2D eigenvalue weighted by molar-refractivity contribution is -0.122. The Morgan fingerprint density at radius 1 is 1.53 bits per heavy atom. The van der Waals surface area contributed by atoms with Gasteiger partial charge in [-0.1, -0.05) is 19.3 Å². The number of nitrogens with one attached hydrogen (secondary N) is 1. The van der Waals surface area contributed by atoms with E-state index in [2.05, 4.69) is 16.7 Å². The first kappa shape index (κ1) is 14.2. The van der Waals surface area contributed by atoms with Gasteiger partial charge in [0.25, 0.3) is 0 Å². The zero-order valence-electron chi connectivity index (χ0n) is 11.4. The molecular formula is C13H22N4OS. The van der Waals surface area contributed by atoms with Crippen molar-refractivity contribution in [1.82, 2.24) is 15.1 Å². The molecule has 106 valence electrons. The number of aromatic nitrogens is 2. The molecular weight excluding hydrogens is 260 g/mol. The van der Waals surface area contributed by atoms with Crippen LogP contribution in [0.15, 0.2) is 12.4 Å². The molecule has 1 aromatic heterocycles. The SMILES string of the molecule is CSC1(CNC(=O)Cn2cc(N)cn2)CCCCC1. The maximum atomic E-state index is 11.9. The van der Waals surface area contributed by atoms with E-state index in [-0.39, 0.29) is 17.2 Å².